The molecule has 0 aliphatic carbocycles. The molecule has 0 aromatic heterocycles. The molecule has 186 valence electrons. The van der Waals surface area contributed by atoms with E-state index in [9.17, 15) is 4.79 Å². The van der Waals surface area contributed by atoms with Crippen molar-refractivity contribution in [3.8, 4) is 0 Å². The summed E-state index contributed by atoms with van der Waals surface area (Å²) < 4.78 is 32.6. The van der Waals surface area contributed by atoms with Crippen LogP contribution in [0, 0.1) is 0 Å². The van der Waals surface area contributed by atoms with Gasteiger partial charge in [-0.3, -0.25) is 0 Å². The van der Waals surface area contributed by atoms with E-state index in [1.807, 2.05) is 20.8 Å². The molecule has 0 atom stereocenters. The average molecular weight is 470 g/mol. The van der Waals surface area contributed by atoms with Gasteiger partial charge in [-0.1, -0.05) is 12.8 Å². The second-order valence-electron chi connectivity index (χ2n) is 8.07. The molecular formula is C22H44ClNO7. The first-order valence-electron chi connectivity index (χ1n) is 11.3. The highest BCUT2D eigenvalue weighted by atomic mass is 35.5. The predicted octanol–water partition coefficient (Wildman–Crippen LogP) is 3.74. The number of unbranched alkanes of at least 4 members (excludes halogenated alkanes) is 3. The van der Waals surface area contributed by atoms with Gasteiger partial charge >= 0.3 is 6.09 Å². The Balaban J connectivity index is 3.21. The summed E-state index contributed by atoms with van der Waals surface area (Å²) in [5.74, 6) is 0.744. The van der Waals surface area contributed by atoms with Gasteiger partial charge in [-0.15, -0.1) is 11.6 Å². The van der Waals surface area contributed by atoms with E-state index in [0.717, 1.165) is 25.3 Å². The highest BCUT2D eigenvalue weighted by Crippen LogP contribution is 2.08. The number of ether oxygens (including phenoxy) is 6. The fraction of sp³-hybridized carbons (Fsp3) is 0.955. The van der Waals surface area contributed by atoms with Gasteiger partial charge in [0, 0.05) is 26.1 Å². The molecular weight excluding hydrogens is 426 g/mol. The number of alkyl halides is 1. The van der Waals surface area contributed by atoms with Crippen LogP contribution in [-0.2, 0) is 28.4 Å². The van der Waals surface area contributed by atoms with Gasteiger partial charge in [0.15, 0.2) is 0 Å². The van der Waals surface area contributed by atoms with Crippen molar-refractivity contribution < 1.29 is 33.2 Å². The van der Waals surface area contributed by atoms with Gasteiger partial charge in [-0.25, -0.2) is 4.79 Å². The second kappa shape index (κ2) is 21.2. The molecule has 0 N–H and O–H groups in total. The Bertz CT molecular complexity index is 408. The normalized spacial score (nSPS) is 11.6. The summed E-state index contributed by atoms with van der Waals surface area (Å²) in [6, 6.07) is 0. The molecule has 0 aromatic carbocycles. The molecule has 0 aliphatic rings. The van der Waals surface area contributed by atoms with Gasteiger partial charge in [0.2, 0.25) is 0 Å². The van der Waals surface area contributed by atoms with Crippen molar-refractivity contribution >= 4 is 17.7 Å². The zero-order valence-corrected chi connectivity index (χ0v) is 20.8. The molecule has 0 unspecified atom stereocenters. The number of amides is 1. The minimum absolute atomic E-state index is 0.352. The van der Waals surface area contributed by atoms with Crippen LogP contribution in [0.2, 0.25) is 0 Å². The lowest BCUT2D eigenvalue weighted by Crippen LogP contribution is -2.36. The SMILES string of the molecule is CN(CCOCCOCCOCCOCCOCCCCCCCl)C(=O)OC(C)(C)C. The number of carbonyl (C=O) groups excluding carboxylic acids is 1. The number of nitrogens with zero attached hydrogens (tertiary/aromatic N) is 1. The first kappa shape index (κ1) is 30.4. The summed E-state index contributed by atoms with van der Waals surface area (Å²) in [6.07, 6.45) is 4.15. The first-order chi connectivity index (χ1) is 14.9. The van der Waals surface area contributed by atoms with Crippen LogP contribution in [0.4, 0.5) is 4.79 Å². The molecule has 8 nitrogen and oxygen atoms in total. The van der Waals surface area contributed by atoms with Crippen LogP contribution in [0.5, 0.6) is 0 Å². The van der Waals surface area contributed by atoms with Crippen LogP contribution < -0.4 is 0 Å². The van der Waals surface area contributed by atoms with E-state index < -0.39 is 5.60 Å². The number of halogens is 1. The van der Waals surface area contributed by atoms with Crippen LogP contribution in [0.1, 0.15) is 46.5 Å². The zero-order chi connectivity index (χ0) is 23.2. The fourth-order valence-electron chi connectivity index (χ4n) is 2.27. The van der Waals surface area contributed by atoms with Crippen LogP contribution in [0.15, 0.2) is 0 Å². The van der Waals surface area contributed by atoms with Gasteiger partial charge in [-0.2, -0.15) is 0 Å². The molecule has 31 heavy (non-hydrogen) atoms. The van der Waals surface area contributed by atoms with E-state index in [-0.39, 0.29) is 6.09 Å². The Morgan fingerprint density at radius 1 is 0.677 bits per heavy atom. The Morgan fingerprint density at radius 2 is 1.10 bits per heavy atom. The zero-order valence-electron chi connectivity index (χ0n) is 20.0. The third kappa shape index (κ3) is 23.8. The molecule has 0 aromatic rings. The predicted molar refractivity (Wildman–Crippen MR) is 122 cm³/mol. The third-order valence-electron chi connectivity index (χ3n) is 3.94. The fourth-order valence-corrected chi connectivity index (χ4v) is 2.46. The number of hydrogen-bond donors (Lipinski definition) is 0. The van der Waals surface area contributed by atoms with E-state index in [2.05, 4.69) is 0 Å². The van der Waals surface area contributed by atoms with Crippen molar-refractivity contribution in [1.29, 1.82) is 0 Å². The number of likely N-dealkylation sites (N-methyl/N-ethyl adjacent to an activating group) is 1. The van der Waals surface area contributed by atoms with Crippen molar-refractivity contribution in [1.82, 2.24) is 4.90 Å². The number of hydrogen-bond acceptors (Lipinski definition) is 7. The monoisotopic (exact) mass is 469 g/mol. The van der Waals surface area contributed by atoms with Gasteiger partial charge in [0.05, 0.1) is 59.5 Å². The summed E-state index contributed by atoms with van der Waals surface area (Å²) in [4.78, 5) is 13.3. The van der Waals surface area contributed by atoms with Crippen molar-refractivity contribution in [3.63, 3.8) is 0 Å². The smallest absolute Gasteiger partial charge is 0.410 e. The van der Waals surface area contributed by atoms with Gasteiger partial charge < -0.3 is 33.3 Å². The maximum atomic E-state index is 11.8. The van der Waals surface area contributed by atoms with Gasteiger partial charge in [-0.05, 0) is 33.6 Å². The first-order valence-corrected chi connectivity index (χ1v) is 11.8. The molecule has 0 rings (SSSR count). The molecule has 0 spiro atoms. The lowest BCUT2D eigenvalue weighted by molar-refractivity contribution is -0.0132. The minimum atomic E-state index is -0.493. The Kier molecular flexibility index (Phi) is 20.8. The van der Waals surface area contributed by atoms with E-state index in [1.165, 1.54) is 17.7 Å². The lowest BCUT2D eigenvalue weighted by atomic mass is 10.2. The number of rotatable bonds is 21. The third-order valence-corrected chi connectivity index (χ3v) is 4.20. The Morgan fingerprint density at radius 3 is 1.55 bits per heavy atom. The van der Waals surface area contributed by atoms with Crippen LogP contribution in [0.3, 0.4) is 0 Å². The van der Waals surface area contributed by atoms with Gasteiger partial charge in [0.1, 0.15) is 5.60 Å². The summed E-state index contributed by atoms with van der Waals surface area (Å²) in [7, 11) is 1.69. The Labute approximate surface area is 193 Å². The second-order valence-corrected chi connectivity index (χ2v) is 8.44. The summed E-state index contributed by atoms with van der Waals surface area (Å²) in [5, 5.41) is 0. The molecule has 0 radical (unpaired) electrons. The topological polar surface area (TPSA) is 75.7 Å². The van der Waals surface area contributed by atoms with E-state index in [0.29, 0.717) is 66.0 Å². The summed E-state index contributed by atoms with van der Waals surface area (Å²) in [5.41, 5.74) is -0.493. The van der Waals surface area contributed by atoms with Crippen LogP contribution in [0.25, 0.3) is 0 Å². The van der Waals surface area contributed by atoms with Crippen LogP contribution in [-0.4, -0.2) is 102 Å². The van der Waals surface area contributed by atoms with Crippen molar-refractivity contribution in [3.05, 3.63) is 0 Å². The highest BCUT2D eigenvalue weighted by molar-refractivity contribution is 6.17. The maximum Gasteiger partial charge on any atom is 0.410 e. The number of carbonyl (C=O) groups is 1. The summed E-state index contributed by atoms with van der Waals surface area (Å²) in [6.45, 7) is 11.5. The maximum absolute atomic E-state index is 11.8. The largest absolute Gasteiger partial charge is 0.444 e. The van der Waals surface area contributed by atoms with Crippen LogP contribution >= 0.6 is 11.6 Å². The molecule has 9 heteroatoms. The molecule has 0 fully saturated rings. The molecule has 0 bridgehead atoms. The Hall–Kier alpha value is -0.640. The minimum Gasteiger partial charge on any atom is -0.444 e. The van der Waals surface area contributed by atoms with Crippen molar-refractivity contribution in [2.75, 3.05) is 85.5 Å². The highest BCUT2D eigenvalue weighted by Gasteiger charge is 2.19. The molecule has 0 saturated heterocycles. The van der Waals surface area contributed by atoms with E-state index >= 15 is 0 Å². The summed E-state index contributed by atoms with van der Waals surface area (Å²) >= 11 is 5.63. The van der Waals surface area contributed by atoms with E-state index in [4.69, 9.17) is 40.0 Å². The van der Waals surface area contributed by atoms with E-state index in [1.54, 1.807) is 7.05 Å². The van der Waals surface area contributed by atoms with Crippen molar-refractivity contribution in [2.45, 2.75) is 52.1 Å². The van der Waals surface area contributed by atoms with Crippen molar-refractivity contribution in [2.24, 2.45) is 0 Å². The standard InChI is InChI=1S/C22H44ClNO7/c1-22(2,3)31-21(25)24(4)10-12-27-14-16-29-18-20-30-19-17-28-15-13-26-11-8-6-5-7-9-23/h5-20H2,1-4H3. The molecule has 0 heterocycles. The molecule has 0 aliphatic heterocycles. The lowest BCUT2D eigenvalue weighted by Gasteiger charge is -2.24. The quantitative estimate of drug-likeness (QED) is 0.187. The molecule has 0 saturated carbocycles. The average Bonchev–Trinajstić information content (AvgIpc) is 2.71. The van der Waals surface area contributed by atoms with Gasteiger partial charge in [0.25, 0.3) is 0 Å². The molecule has 1 amide bonds.